The molecule has 1 N–H and O–H groups in total. The summed E-state index contributed by atoms with van der Waals surface area (Å²) in [5, 5.41) is 2.75. The smallest absolute Gasteiger partial charge is 0.352 e. The quantitative estimate of drug-likeness (QED) is 0.755. The SMILES string of the molecule is O=C(Cc1ccc(S(=O)(=O)N2CCCC2)s1)NC1CCN(CC(F)(F)F)C1. The lowest BCUT2D eigenvalue weighted by Crippen LogP contribution is -2.39. The molecule has 2 fully saturated rings. The Balaban J connectivity index is 1.51. The average Bonchev–Trinajstić information content (AvgIpc) is 3.27. The van der Waals surface area contributed by atoms with Crippen LogP contribution in [0.25, 0.3) is 0 Å². The van der Waals surface area contributed by atoms with Crippen molar-refractivity contribution in [2.45, 2.75) is 42.1 Å². The van der Waals surface area contributed by atoms with Crippen LogP contribution in [0, 0.1) is 0 Å². The van der Waals surface area contributed by atoms with Crippen molar-refractivity contribution in [2.75, 3.05) is 32.7 Å². The van der Waals surface area contributed by atoms with Gasteiger partial charge in [0.25, 0.3) is 10.0 Å². The van der Waals surface area contributed by atoms with Crippen molar-refractivity contribution in [3.05, 3.63) is 17.0 Å². The minimum absolute atomic E-state index is 0.0238. The van der Waals surface area contributed by atoms with Gasteiger partial charge in [0, 0.05) is 37.1 Å². The van der Waals surface area contributed by atoms with E-state index in [1.165, 1.54) is 15.3 Å². The third kappa shape index (κ3) is 5.43. The molecular weight excluding hydrogens is 403 g/mol. The number of sulfonamides is 1. The minimum atomic E-state index is -4.24. The Labute approximate surface area is 160 Å². The Bertz CT molecular complexity index is 773. The number of hydrogen-bond donors (Lipinski definition) is 1. The minimum Gasteiger partial charge on any atom is -0.352 e. The lowest BCUT2D eigenvalue weighted by atomic mass is 10.2. The Hall–Kier alpha value is -1.17. The van der Waals surface area contributed by atoms with E-state index < -0.39 is 22.7 Å². The molecule has 2 aliphatic heterocycles. The third-order valence-corrected chi connectivity index (χ3v) is 8.12. The first-order valence-electron chi connectivity index (χ1n) is 8.81. The monoisotopic (exact) mass is 425 g/mol. The molecule has 3 heterocycles. The van der Waals surface area contributed by atoms with E-state index in [9.17, 15) is 26.4 Å². The summed E-state index contributed by atoms with van der Waals surface area (Å²) in [6.07, 6.45) is -2.04. The molecule has 0 aromatic carbocycles. The highest BCUT2D eigenvalue weighted by atomic mass is 32.2. The highest BCUT2D eigenvalue weighted by Gasteiger charge is 2.34. The molecule has 1 aromatic rings. The van der Waals surface area contributed by atoms with Crippen LogP contribution in [0.4, 0.5) is 13.2 Å². The topological polar surface area (TPSA) is 69.7 Å². The molecule has 1 aromatic heterocycles. The van der Waals surface area contributed by atoms with Crippen LogP contribution in [0.1, 0.15) is 24.1 Å². The van der Waals surface area contributed by atoms with Gasteiger partial charge in [-0.2, -0.15) is 17.5 Å². The molecule has 3 rings (SSSR count). The second kappa shape index (κ2) is 8.06. The number of thiophene rings is 1. The fourth-order valence-electron chi connectivity index (χ4n) is 3.43. The van der Waals surface area contributed by atoms with Crippen molar-refractivity contribution >= 4 is 27.3 Å². The molecule has 11 heteroatoms. The van der Waals surface area contributed by atoms with Crippen LogP contribution in [0.3, 0.4) is 0 Å². The number of likely N-dealkylation sites (tertiary alicyclic amines) is 1. The molecule has 152 valence electrons. The largest absolute Gasteiger partial charge is 0.401 e. The summed E-state index contributed by atoms with van der Waals surface area (Å²) in [5.74, 6) is -0.305. The molecule has 2 saturated heterocycles. The zero-order chi connectivity index (χ0) is 19.7. The van der Waals surface area contributed by atoms with Crippen molar-refractivity contribution in [2.24, 2.45) is 0 Å². The van der Waals surface area contributed by atoms with Gasteiger partial charge < -0.3 is 5.32 Å². The number of rotatable bonds is 6. The van der Waals surface area contributed by atoms with Gasteiger partial charge >= 0.3 is 6.18 Å². The summed E-state index contributed by atoms with van der Waals surface area (Å²) in [6.45, 7) is 0.534. The van der Waals surface area contributed by atoms with Crippen molar-refractivity contribution < 1.29 is 26.4 Å². The zero-order valence-corrected chi connectivity index (χ0v) is 16.3. The zero-order valence-electron chi connectivity index (χ0n) is 14.7. The molecule has 1 amide bonds. The second-order valence-corrected chi connectivity index (χ2v) is 10.2. The molecule has 0 spiro atoms. The summed E-state index contributed by atoms with van der Waals surface area (Å²) >= 11 is 1.07. The fraction of sp³-hybridized carbons (Fsp3) is 0.688. The van der Waals surface area contributed by atoms with Gasteiger partial charge in [-0.3, -0.25) is 9.69 Å². The highest BCUT2D eigenvalue weighted by Crippen LogP contribution is 2.27. The first-order chi connectivity index (χ1) is 12.6. The summed E-state index contributed by atoms with van der Waals surface area (Å²) in [5.41, 5.74) is 0. The number of alkyl halides is 3. The van der Waals surface area contributed by atoms with E-state index in [2.05, 4.69) is 5.32 Å². The van der Waals surface area contributed by atoms with E-state index >= 15 is 0 Å². The first kappa shape index (κ1) is 20.6. The summed E-state index contributed by atoms with van der Waals surface area (Å²) in [7, 11) is -3.49. The molecule has 1 atom stereocenters. The maximum atomic E-state index is 12.5. The molecule has 2 aliphatic rings. The molecule has 1 unspecified atom stereocenters. The molecule has 0 aliphatic carbocycles. The Kier molecular flexibility index (Phi) is 6.14. The number of halogens is 3. The Morgan fingerprint density at radius 1 is 1.22 bits per heavy atom. The first-order valence-corrected chi connectivity index (χ1v) is 11.1. The van der Waals surface area contributed by atoms with Gasteiger partial charge in [-0.25, -0.2) is 8.42 Å². The van der Waals surface area contributed by atoms with Crippen LogP contribution >= 0.6 is 11.3 Å². The Morgan fingerprint density at radius 3 is 2.59 bits per heavy atom. The van der Waals surface area contributed by atoms with E-state index in [0.29, 0.717) is 30.9 Å². The van der Waals surface area contributed by atoms with Crippen molar-refractivity contribution in [1.29, 1.82) is 0 Å². The molecule has 27 heavy (non-hydrogen) atoms. The van der Waals surface area contributed by atoms with Crippen LogP contribution in [-0.2, 0) is 21.2 Å². The van der Waals surface area contributed by atoms with Gasteiger partial charge in [0.1, 0.15) is 4.21 Å². The van der Waals surface area contributed by atoms with Crippen LogP contribution in [0.15, 0.2) is 16.3 Å². The number of nitrogens with one attached hydrogen (secondary N) is 1. The average molecular weight is 425 g/mol. The van der Waals surface area contributed by atoms with Crippen LogP contribution in [0.2, 0.25) is 0 Å². The predicted molar refractivity (Wildman–Crippen MR) is 95.1 cm³/mol. The maximum Gasteiger partial charge on any atom is 0.401 e. The third-order valence-electron chi connectivity index (χ3n) is 4.67. The van der Waals surface area contributed by atoms with E-state index in [-0.39, 0.29) is 29.1 Å². The van der Waals surface area contributed by atoms with E-state index in [4.69, 9.17) is 0 Å². The lowest BCUT2D eigenvalue weighted by molar-refractivity contribution is -0.143. The molecule has 0 radical (unpaired) electrons. The molecule has 0 bridgehead atoms. The number of nitrogens with zero attached hydrogens (tertiary/aromatic N) is 2. The van der Waals surface area contributed by atoms with Gasteiger partial charge in [0.15, 0.2) is 0 Å². The number of hydrogen-bond acceptors (Lipinski definition) is 5. The van der Waals surface area contributed by atoms with Gasteiger partial charge in [-0.1, -0.05) is 0 Å². The van der Waals surface area contributed by atoms with Crippen molar-refractivity contribution in [1.82, 2.24) is 14.5 Å². The Morgan fingerprint density at radius 2 is 1.93 bits per heavy atom. The van der Waals surface area contributed by atoms with E-state index in [1.54, 1.807) is 6.07 Å². The number of carbonyl (C=O) groups is 1. The summed E-state index contributed by atoms with van der Waals surface area (Å²) in [6, 6.07) is 2.83. The summed E-state index contributed by atoms with van der Waals surface area (Å²) in [4.78, 5) is 14.1. The maximum absolute atomic E-state index is 12.5. The van der Waals surface area contributed by atoms with Gasteiger partial charge in [0.2, 0.25) is 5.91 Å². The number of amides is 1. The lowest BCUT2D eigenvalue weighted by Gasteiger charge is -2.18. The van der Waals surface area contributed by atoms with Crippen molar-refractivity contribution in [3.63, 3.8) is 0 Å². The van der Waals surface area contributed by atoms with Crippen LogP contribution < -0.4 is 5.32 Å². The van der Waals surface area contributed by atoms with E-state index in [0.717, 1.165) is 24.2 Å². The fourth-order valence-corrected chi connectivity index (χ4v) is 6.46. The van der Waals surface area contributed by atoms with Gasteiger partial charge in [-0.05, 0) is 31.4 Å². The number of carbonyl (C=O) groups excluding carboxylic acids is 1. The van der Waals surface area contributed by atoms with Crippen LogP contribution in [-0.4, -0.2) is 68.5 Å². The van der Waals surface area contributed by atoms with Crippen molar-refractivity contribution in [3.8, 4) is 0 Å². The predicted octanol–water partition coefficient (Wildman–Crippen LogP) is 1.83. The standard InChI is InChI=1S/C16H22F3N3O3S2/c17-16(18,19)11-21-8-5-12(10-21)20-14(23)9-13-3-4-15(26-13)27(24,25)22-6-1-2-7-22/h3-4,12H,1-2,5-11H2,(H,20,23). The molecular formula is C16H22F3N3O3S2. The molecule has 0 saturated carbocycles. The van der Waals surface area contributed by atoms with E-state index in [1.807, 2.05) is 0 Å². The van der Waals surface area contributed by atoms with Gasteiger partial charge in [0.05, 0.1) is 13.0 Å². The second-order valence-electron chi connectivity index (χ2n) is 6.91. The van der Waals surface area contributed by atoms with Crippen LogP contribution in [0.5, 0.6) is 0 Å². The highest BCUT2D eigenvalue weighted by molar-refractivity contribution is 7.91. The molecule has 6 nitrogen and oxygen atoms in total. The normalized spacial score (nSPS) is 22.4. The van der Waals surface area contributed by atoms with Gasteiger partial charge in [-0.15, -0.1) is 11.3 Å². The summed E-state index contributed by atoms with van der Waals surface area (Å²) < 4.78 is 63.9.